The lowest BCUT2D eigenvalue weighted by Gasteiger charge is -2.17. The maximum absolute atomic E-state index is 12.9. The minimum atomic E-state index is -0.266. The van der Waals surface area contributed by atoms with Crippen molar-refractivity contribution in [3.63, 3.8) is 0 Å². The van der Waals surface area contributed by atoms with E-state index in [1.165, 1.54) is 17.1 Å². The van der Waals surface area contributed by atoms with Crippen LogP contribution < -0.4 is 15.4 Å². The van der Waals surface area contributed by atoms with Crippen molar-refractivity contribution < 1.29 is 9.13 Å². The number of ether oxygens (including phenoxy) is 1. The summed E-state index contributed by atoms with van der Waals surface area (Å²) >= 11 is 1.73. The van der Waals surface area contributed by atoms with Crippen molar-refractivity contribution in [1.82, 2.24) is 15.6 Å². The smallest absolute Gasteiger partial charge is 0.191 e. The van der Waals surface area contributed by atoms with Gasteiger partial charge in [-0.2, -0.15) is 0 Å². The lowest BCUT2D eigenvalue weighted by Crippen LogP contribution is -2.42. The molecule has 26 heavy (non-hydrogen) atoms. The fourth-order valence-electron chi connectivity index (χ4n) is 2.37. The van der Waals surface area contributed by atoms with Gasteiger partial charge in [0.05, 0.1) is 11.6 Å². The summed E-state index contributed by atoms with van der Waals surface area (Å²) in [6.07, 6.45) is 3.11. The number of aryl methyl sites for hydroxylation is 2. The molecule has 1 heterocycles. The van der Waals surface area contributed by atoms with Crippen LogP contribution in [0.4, 0.5) is 4.39 Å². The van der Waals surface area contributed by atoms with Crippen LogP contribution in [0.3, 0.4) is 0 Å². The quantitative estimate of drug-likeness (QED) is 0.398. The van der Waals surface area contributed by atoms with Crippen LogP contribution in [0.25, 0.3) is 0 Å². The van der Waals surface area contributed by atoms with Crippen molar-refractivity contribution in [2.75, 3.05) is 20.1 Å². The summed E-state index contributed by atoms with van der Waals surface area (Å²) < 4.78 is 18.6. The van der Waals surface area contributed by atoms with Gasteiger partial charge in [-0.15, -0.1) is 11.3 Å². The SMILES string of the molecule is CN=C(NCCCCc1nc(C)cs1)NCC(C)Oc1ccc(F)cc1. The third-order valence-electron chi connectivity index (χ3n) is 3.71. The molecular formula is C19H27FN4OS. The van der Waals surface area contributed by atoms with Gasteiger partial charge in [-0.3, -0.25) is 4.99 Å². The first-order valence-corrected chi connectivity index (χ1v) is 9.72. The average Bonchev–Trinajstić information content (AvgIpc) is 3.04. The van der Waals surface area contributed by atoms with E-state index >= 15 is 0 Å². The zero-order valence-corrected chi connectivity index (χ0v) is 16.4. The Kier molecular flexibility index (Phi) is 8.34. The minimum Gasteiger partial charge on any atom is -0.489 e. The zero-order chi connectivity index (χ0) is 18.8. The van der Waals surface area contributed by atoms with E-state index in [9.17, 15) is 4.39 Å². The first kappa shape index (κ1) is 20.2. The zero-order valence-electron chi connectivity index (χ0n) is 15.6. The Morgan fingerprint density at radius 2 is 2.04 bits per heavy atom. The van der Waals surface area contributed by atoms with E-state index in [2.05, 4.69) is 26.0 Å². The molecule has 0 bridgehead atoms. The third kappa shape index (κ3) is 7.39. The molecule has 0 saturated heterocycles. The highest BCUT2D eigenvalue weighted by Gasteiger charge is 2.06. The van der Waals surface area contributed by atoms with Gasteiger partial charge in [0.25, 0.3) is 0 Å². The second-order valence-electron chi connectivity index (χ2n) is 6.10. The maximum Gasteiger partial charge on any atom is 0.191 e. The number of thiazole rings is 1. The Bertz CT molecular complexity index is 687. The monoisotopic (exact) mass is 378 g/mol. The molecule has 0 saturated carbocycles. The maximum atomic E-state index is 12.9. The van der Waals surface area contributed by atoms with Gasteiger partial charge < -0.3 is 15.4 Å². The Morgan fingerprint density at radius 3 is 2.69 bits per heavy atom. The normalized spacial score (nSPS) is 12.7. The first-order chi connectivity index (χ1) is 12.6. The highest BCUT2D eigenvalue weighted by Crippen LogP contribution is 2.13. The van der Waals surface area contributed by atoms with Crippen LogP contribution in [-0.2, 0) is 6.42 Å². The van der Waals surface area contributed by atoms with Gasteiger partial charge in [0.2, 0.25) is 0 Å². The number of hydrogen-bond donors (Lipinski definition) is 2. The number of halogens is 1. The first-order valence-electron chi connectivity index (χ1n) is 8.84. The minimum absolute atomic E-state index is 0.0628. The predicted octanol–water partition coefficient (Wildman–Crippen LogP) is 3.55. The number of guanidine groups is 1. The van der Waals surface area contributed by atoms with Gasteiger partial charge in [-0.1, -0.05) is 0 Å². The van der Waals surface area contributed by atoms with Crippen molar-refractivity contribution in [2.24, 2.45) is 4.99 Å². The molecule has 1 unspecified atom stereocenters. The van der Waals surface area contributed by atoms with Crippen LogP contribution in [0.5, 0.6) is 5.75 Å². The topological polar surface area (TPSA) is 58.5 Å². The fourth-order valence-corrected chi connectivity index (χ4v) is 3.19. The van der Waals surface area contributed by atoms with Gasteiger partial charge >= 0.3 is 0 Å². The Hall–Kier alpha value is -2.15. The predicted molar refractivity (Wildman–Crippen MR) is 106 cm³/mol. The summed E-state index contributed by atoms with van der Waals surface area (Å²) in [5.41, 5.74) is 1.10. The number of aromatic nitrogens is 1. The molecule has 2 rings (SSSR count). The Morgan fingerprint density at radius 1 is 1.27 bits per heavy atom. The Labute approximate surface area is 158 Å². The summed E-state index contributed by atoms with van der Waals surface area (Å²) in [6, 6.07) is 6.04. The number of hydrogen-bond acceptors (Lipinski definition) is 4. The van der Waals surface area contributed by atoms with E-state index in [-0.39, 0.29) is 11.9 Å². The lowest BCUT2D eigenvalue weighted by molar-refractivity contribution is 0.223. The van der Waals surface area contributed by atoms with Crippen molar-refractivity contribution in [3.8, 4) is 5.75 Å². The van der Waals surface area contributed by atoms with Crippen molar-refractivity contribution in [3.05, 3.63) is 46.2 Å². The molecule has 0 aliphatic carbocycles. The van der Waals surface area contributed by atoms with Gasteiger partial charge in [0.1, 0.15) is 17.7 Å². The van der Waals surface area contributed by atoms with Crippen LogP contribution in [0.1, 0.15) is 30.5 Å². The summed E-state index contributed by atoms with van der Waals surface area (Å²) in [5, 5.41) is 9.84. The molecule has 0 fully saturated rings. The highest BCUT2D eigenvalue weighted by molar-refractivity contribution is 7.09. The largest absolute Gasteiger partial charge is 0.489 e. The molecule has 0 amide bonds. The standard InChI is InChI=1S/C19H27FN4OS/c1-14-13-26-18(24-14)6-4-5-11-22-19(21-3)23-12-15(2)25-17-9-7-16(20)8-10-17/h7-10,13,15H,4-6,11-12H2,1-3H3,(H2,21,22,23). The average molecular weight is 379 g/mol. The van der Waals surface area contributed by atoms with Gasteiger partial charge in [0.15, 0.2) is 5.96 Å². The highest BCUT2D eigenvalue weighted by atomic mass is 32.1. The van der Waals surface area contributed by atoms with E-state index in [0.717, 1.165) is 37.5 Å². The Balaban J connectivity index is 1.60. The molecule has 0 radical (unpaired) electrons. The summed E-state index contributed by atoms with van der Waals surface area (Å²) in [4.78, 5) is 8.69. The van der Waals surface area contributed by atoms with Crippen molar-refractivity contribution in [1.29, 1.82) is 0 Å². The van der Waals surface area contributed by atoms with Crippen LogP contribution in [-0.4, -0.2) is 37.2 Å². The summed E-state index contributed by atoms with van der Waals surface area (Å²) in [5.74, 6) is 1.14. The molecule has 2 N–H and O–H groups in total. The van der Waals surface area contributed by atoms with Crippen LogP contribution in [0.15, 0.2) is 34.6 Å². The van der Waals surface area contributed by atoms with E-state index in [1.807, 2.05) is 13.8 Å². The molecule has 0 aliphatic heterocycles. The van der Waals surface area contributed by atoms with Gasteiger partial charge in [-0.05, 0) is 57.4 Å². The number of rotatable bonds is 9. The second-order valence-corrected chi connectivity index (χ2v) is 7.04. The third-order valence-corrected chi connectivity index (χ3v) is 4.73. The summed E-state index contributed by atoms with van der Waals surface area (Å²) in [6.45, 7) is 5.45. The van der Waals surface area contributed by atoms with Crippen molar-refractivity contribution in [2.45, 2.75) is 39.2 Å². The number of unbranched alkanes of at least 4 members (excludes halogenated alkanes) is 1. The molecule has 142 valence electrons. The fraction of sp³-hybridized carbons (Fsp3) is 0.474. The van der Waals surface area contributed by atoms with Gasteiger partial charge in [0, 0.05) is 24.7 Å². The molecule has 2 aromatic rings. The number of aliphatic imine (C=N–C) groups is 1. The van der Waals surface area contributed by atoms with E-state index in [0.29, 0.717) is 12.3 Å². The number of benzene rings is 1. The second kappa shape index (κ2) is 10.8. The van der Waals surface area contributed by atoms with Gasteiger partial charge in [-0.25, -0.2) is 9.37 Å². The molecule has 0 aliphatic rings. The van der Waals surface area contributed by atoms with Crippen LogP contribution in [0.2, 0.25) is 0 Å². The molecule has 0 spiro atoms. The van der Waals surface area contributed by atoms with E-state index < -0.39 is 0 Å². The molecule has 7 heteroatoms. The van der Waals surface area contributed by atoms with E-state index in [1.54, 1.807) is 30.5 Å². The molecular weight excluding hydrogens is 351 g/mol. The van der Waals surface area contributed by atoms with Crippen LogP contribution in [0, 0.1) is 12.7 Å². The molecule has 1 aromatic carbocycles. The number of nitrogens with zero attached hydrogens (tertiary/aromatic N) is 2. The molecule has 5 nitrogen and oxygen atoms in total. The summed E-state index contributed by atoms with van der Waals surface area (Å²) in [7, 11) is 1.75. The molecule has 1 atom stereocenters. The number of nitrogens with one attached hydrogen (secondary N) is 2. The molecule has 1 aromatic heterocycles. The van der Waals surface area contributed by atoms with Crippen molar-refractivity contribution >= 4 is 17.3 Å². The lowest BCUT2D eigenvalue weighted by atomic mass is 10.2. The van der Waals surface area contributed by atoms with E-state index in [4.69, 9.17) is 4.74 Å². The van der Waals surface area contributed by atoms with Crippen LogP contribution >= 0.6 is 11.3 Å².